The van der Waals surface area contributed by atoms with Crippen molar-refractivity contribution in [1.82, 2.24) is 4.90 Å². The number of aryl methyl sites for hydroxylation is 2. The van der Waals surface area contributed by atoms with Crippen molar-refractivity contribution >= 4 is 29.1 Å². The van der Waals surface area contributed by atoms with E-state index in [0.29, 0.717) is 16.7 Å². The minimum Gasteiger partial charge on any atom is -0.326 e. The molecule has 138 valence electrons. The van der Waals surface area contributed by atoms with E-state index in [0.717, 1.165) is 10.5 Å². The number of nitro groups is 1. The van der Waals surface area contributed by atoms with Crippen LogP contribution in [0.25, 0.3) is 0 Å². The smallest absolute Gasteiger partial charge is 0.274 e. The number of nitrogens with zero attached hydrogens (tertiary/aromatic N) is 2. The summed E-state index contributed by atoms with van der Waals surface area (Å²) >= 11 is 0. The van der Waals surface area contributed by atoms with E-state index in [1.54, 1.807) is 37.3 Å². The molecule has 1 heterocycles. The molecule has 0 radical (unpaired) electrons. The Hall–Kier alpha value is -3.55. The van der Waals surface area contributed by atoms with Crippen LogP contribution in [-0.2, 0) is 4.79 Å². The zero-order valence-electron chi connectivity index (χ0n) is 14.8. The lowest BCUT2D eigenvalue weighted by molar-refractivity contribution is -0.385. The summed E-state index contributed by atoms with van der Waals surface area (Å²) in [6, 6.07) is 9.39. The van der Waals surface area contributed by atoms with Crippen LogP contribution in [-0.4, -0.2) is 34.1 Å². The lowest BCUT2D eigenvalue weighted by Crippen LogP contribution is -2.32. The minimum absolute atomic E-state index is 0.0643. The van der Waals surface area contributed by atoms with Gasteiger partial charge in [0.05, 0.1) is 16.1 Å². The van der Waals surface area contributed by atoms with Crippen molar-refractivity contribution in [3.8, 4) is 0 Å². The van der Waals surface area contributed by atoms with Crippen molar-refractivity contribution < 1.29 is 19.3 Å². The van der Waals surface area contributed by atoms with E-state index < -0.39 is 22.6 Å². The van der Waals surface area contributed by atoms with Crippen LogP contribution in [0.4, 0.5) is 11.4 Å². The van der Waals surface area contributed by atoms with Gasteiger partial charge in [0.1, 0.15) is 0 Å². The Morgan fingerprint density at radius 3 is 2.48 bits per heavy atom. The second-order valence-electron chi connectivity index (χ2n) is 6.37. The van der Waals surface area contributed by atoms with Gasteiger partial charge >= 0.3 is 0 Å². The zero-order chi connectivity index (χ0) is 19.7. The molecule has 8 heteroatoms. The normalized spacial score (nSPS) is 12.9. The monoisotopic (exact) mass is 367 g/mol. The van der Waals surface area contributed by atoms with Gasteiger partial charge in [0, 0.05) is 30.3 Å². The minimum atomic E-state index is -0.522. The lowest BCUT2D eigenvalue weighted by Gasteiger charge is -2.13. The Kier molecular flexibility index (Phi) is 4.72. The lowest BCUT2D eigenvalue weighted by atomic mass is 10.1. The molecular weight excluding hydrogens is 350 g/mol. The highest BCUT2D eigenvalue weighted by Crippen LogP contribution is 2.25. The Balaban J connectivity index is 1.65. The molecule has 0 aliphatic carbocycles. The van der Waals surface area contributed by atoms with Crippen LogP contribution >= 0.6 is 0 Å². The zero-order valence-corrected chi connectivity index (χ0v) is 14.8. The molecule has 0 bridgehead atoms. The van der Waals surface area contributed by atoms with Crippen LogP contribution in [0, 0.1) is 24.0 Å². The Bertz CT molecular complexity index is 983. The number of amides is 3. The Morgan fingerprint density at radius 1 is 1.07 bits per heavy atom. The predicted molar refractivity (Wildman–Crippen MR) is 97.6 cm³/mol. The van der Waals surface area contributed by atoms with Crippen LogP contribution in [0.1, 0.15) is 38.3 Å². The molecule has 27 heavy (non-hydrogen) atoms. The standard InChI is InChI=1S/C19H17N3O5/c1-11-3-6-14-15(9-11)19(25)21(18(14)24)8-7-17(23)20-13-5-4-12(2)16(10-13)22(26)27/h3-6,9-10H,7-8H2,1-2H3,(H,20,23). The Morgan fingerprint density at radius 2 is 1.78 bits per heavy atom. The molecule has 3 rings (SSSR count). The largest absolute Gasteiger partial charge is 0.326 e. The quantitative estimate of drug-likeness (QED) is 0.496. The molecule has 2 aromatic carbocycles. The second-order valence-corrected chi connectivity index (χ2v) is 6.37. The summed E-state index contributed by atoms with van der Waals surface area (Å²) in [5.41, 5.74) is 2.23. The maximum Gasteiger partial charge on any atom is 0.274 e. The van der Waals surface area contributed by atoms with E-state index in [1.165, 1.54) is 6.07 Å². The molecule has 0 spiro atoms. The maximum absolute atomic E-state index is 12.4. The highest BCUT2D eigenvalue weighted by molar-refractivity contribution is 6.21. The molecule has 3 amide bonds. The number of hydrogen-bond acceptors (Lipinski definition) is 5. The number of hydrogen-bond donors (Lipinski definition) is 1. The van der Waals surface area contributed by atoms with Gasteiger partial charge in [-0.15, -0.1) is 0 Å². The van der Waals surface area contributed by atoms with E-state index in [-0.39, 0.29) is 24.3 Å². The molecule has 1 aliphatic rings. The van der Waals surface area contributed by atoms with Crippen molar-refractivity contribution in [2.24, 2.45) is 0 Å². The van der Waals surface area contributed by atoms with Gasteiger partial charge in [0.2, 0.25) is 5.91 Å². The molecule has 0 aromatic heterocycles. The third-order valence-electron chi connectivity index (χ3n) is 4.38. The summed E-state index contributed by atoms with van der Waals surface area (Å²) < 4.78 is 0. The van der Waals surface area contributed by atoms with Gasteiger partial charge in [-0.3, -0.25) is 29.4 Å². The van der Waals surface area contributed by atoms with Gasteiger partial charge in [-0.2, -0.15) is 0 Å². The van der Waals surface area contributed by atoms with Crippen LogP contribution in [0.3, 0.4) is 0 Å². The van der Waals surface area contributed by atoms with E-state index >= 15 is 0 Å². The van der Waals surface area contributed by atoms with Crippen LogP contribution in [0.5, 0.6) is 0 Å². The number of fused-ring (bicyclic) bond motifs is 1. The molecular formula is C19H17N3O5. The molecule has 0 atom stereocenters. The molecule has 0 unspecified atom stereocenters. The maximum atomic E-state index is 12.4. The van der Waals surface area contributed by atoms with Crippen molar-refractivity contribution in [3.05, 3.63) is 68.8 Å². The highest BCUT2D eigenvalue weighted by atomic mass is 16.6. The predicted octanol–water partition coefficient (Wildman–Crippen LogP) is 2.84. The summed E-state index contributed by atoms with van der Waals surface area (Å²) in [5, 5.41) is 13.5. The number of benzene rings is 2. The average Bonchev–Trinajstić information content (AvgIpc) is 2.85. The number of anilines is 1. The fraction of sp³-hybridized carbons (Fsp3) is 0.211. The van der Waals surface area contributed by atoms with Crippen LogP contribution in [0.2, 0.25) is 0 Å². The number of carbonyl (C=O) groups is 3. The van der Waals surface area contributed by atoms with Crippen molar-refractivity contribution in [1.29, 1.82) is 0 Å². The van der Waals surface area contributed by atoms with Gasteiger partial charge in [0.15, 0.2) is 0 Å². The van der Waals surface area contributed by atoms with Crippen molar-refractivity contribution in [3.63, 3.8) is 0 Å². The van der Waals surface area contributed by atoms with Gasteiger partial charge in [0.25, 0.3) is 17.5 Å². The van der Waals surface area contributed by atoms with Gasteiger partial charge in [-0.1, -0.05) is 17.7 Å². The molecule has 2 aromatic rings. The number of imide groups is 1. The average molecular weight is 367 g/mol. The summed E-state index contributed by atoms with van der Waals surface area (Å²) in [7, 11) is 0. The van der Waals surface area contributed by atoms with Crippen LogP contribution in [0.15, 0.2) is 36.4 Å². The summed E-state index contributed by atoms with van der Waals surface area (Å²) in [5.74, 6) is -1.29. The van der Waals surface area contributed by atoms with E-state index in [4.69, 9.17) is 0 Å². The molecule has 1 aliphatic heterocycles. The topological polar surface area (TPSA) is 110 Å². The molecule has 0 saturated carbocycles. The van der Waals surface area contributed by atoms with E-state index in [1.807, 2.05) is 6.92 Å². The van der Waals surface area contributed by atoms with E-state index in [9.17, 15) is 24.5 Å². The van der Waals surface area contributed by atoms with Crippen molar-refractivity contribution in [2.75, 3.05) is 11.9 Å². The number of rotatable bonds is 5. The first-order chi connectivity index (χ1) is 12.8. The molecule has 0 saturated heterocycles. The Labute approximate surface area is 154 Å². The fourth-order valence-electron chi connectivity index (χ4n) is 2.93. The van der Waals surface area contributed by atoms with E-state index in [2.05, 4.69) is 5.32 Å². The number of nitro benzene ring substituents is 1. The first kappa shape index (κ1) is 18.2. The first-order valence-corrected chi connectivity index (χ1v) is 8.29. The number of nitrogens with one attached hydrogen (secondary N) is 1. The molecule has 0 fully saturated rings. The van der Waals surface area contributed by atoms with Gasteiger partial charge < -0.3 is 5.32 Å². The van der Waals surface area contributed by atoms with Gasteiger partial charge in [-0.25, -0.2) is 0 Å². The van der Waals surface area contributed by atoms with Crippen molar-refractivity contribution in [2.45, 2.75) is 20.3 Å². The second kappa shape index (κ2) is 6.99. The SMILES string of the molecule is Cc1ccc2c(c1)C(=O)N(CCC(=O)Nc1ccc(C)c([N+](=O)[O-])c1)C2=O. The van der Waals surface area contributed by atoms with Gasteiger partial charge in [-0.05, 0) is 32.0 Å². The molecule has 8 nitrogen and oxygen atoms in total. The first-order valence-electron chi connectivity index (χ1n) is 8.29. The van der Waals surface area contributed by atoms with Crippen LogP contribution < -0.4 is 5.32 Å². The number of carbonyl (C=O) groups excluding carboxylic acids is 3. The summed E-state index contributed by atoms with van der Waals surface area (Å²) in [4.78, 5) is 48.4. The molecule has 1 N–H and O–H groups in total. The highest BCUT2D eigenvalue weighted by Gasteiger charge is 2.35. The fourth-order valence-corrected chi connectivity index (χ4v) is 2.93. The summed E-state index contributed by atoms with van der Waals surface area (Å²) in [6.07, 6.45) is -0.105. The summed E-state index contributed by atoms with van der Waals surface area (Å²) in [6.45, 7) is 3.37. The third-order valence-corrected chi connectivity index (χ3v) is 4.38. The third kappa shape index (κ3) is 3.55.